The van der Waals surface area contributed by atoms with Crippen molar-refractivity contribution >= 4 is 11.9 Å². The Hall–Kier alpha value is -2.89. The fraction of sp³-hybridized carbons (Fsp3) is 0.263. The molecule has 0 spiro atoms. The van der Waals surface area contributed by atoms with Crippen molar-refractivity contribution in [3.63, 3.8) is 0 Å². The normalized spacial score (nSPS) is 12.9. The SMILES string of the molecule is COc1cccc(CCC(=O)NC(C)(C(=O)O)c2ccc(F)cc2)c1. The highest BCUT2D eigenvalue weighted by atomic mass is 19.1. The van der Waals surface area contributed by atoms with Gasteiger partial charge in [-0.15, -0.1) is 0 Å². The monoisotopic (exact) mass is 345 g/mol. The second kappa shape index (κ2) is 7.79. The largest absolute Gasteiger partial charge is 0.497 e. The van der Waals surface area contributed by atoms with Crippen LogP contribution in [0, 0.1) is 5.82 Å². The van der Waals surface area contributed by atoms with Gasteiger partial charge in [0.2, 0.25) is 5.91 Å². The lowest BCUT2D eigenvalue weighted by atomic mass is 9.91. The first-order chi connectivity index (χ1) is 11.8. The Morgan fingerprint density at radius 2 is 1.88 bits per heavy atom. The van der Waals surface area contributed by atoms with E-state index in [1.807, 2.05) is 18.2 Å². The first kappa shape index (κ1) is 18.4. The quantitative estimate of drug-likeness (QED) is 0.809. The second-order valence-electron chi connectivity index (χ2n) is 5.84. The number of rotatable bonds is 7. The Bertz CT molecular complexity index is 760. The maximum Gasteiger partial charge on any atom is 0.333 e. The molecule has 25 heavy (non-hydrogen) atoms. The van der Waals surface area contributed by atoms with Crippen LogP contribution in [0.5, 0.6) is 5.75 Å². The predicted octanol–water partition coefficient (Wildman–Crippen LogP) is 2.88. The van der Waals surface area contributed by atoms with E-state index in [2.05, 4.69) is 5.32 Å². The van der Waals surface area contributed by atoms with Crippen LogP contribution in [0.25, 0.3) is 0 Å². The fourth-order valence-electron chi connectivity index (χ4n) is 2.46. The van der Waals surface area contributed by atoms with Gasteiger partial charge in [-0.3, -0.25) is 4.79 Å². The maximum atomic E-state index is 13.1. The van der Waals surface area contributed by atoms with E-state index >= 15 is 0 Å². The van der Waals surface area contributed by atoms with E-state index in [0.29, 0.717) is 17.7 Å². The zero-order valence-electron chi connectivity index (χ0n) is 14.1. The van der Waals surface area contributed by atoms with Crippen LogP contribution < -0.4 is 10.1 Å². The molecule has 2 aromatic carbocycles. The lowest BCUT2D eigenvalue weighted by Gasteiger charge is -2.27. The molecule has 2 aromatic rings. The lowest BCUT2D eigenvalue weighted by Crippen LogP contribution is -2.49. The average molecular weight is 345 g/mol. The third kappa shape index (κ3) is 4.56. The number of aliphatic carboxylic acids is 1. The van der Waals surface area contributed by atoms with Crippen LogP contribution >= 0.6 is 0 Å². The zero-order chi connectivity index (χ0) is 18.4. The van der Waals surface area contributed by atoms with Crippen molar-refractivity contribution in [1.82, 2.24) is 5.32 Å². The molecule has 2 N–H and O–H groups in total. The van der Waals surface area contributed by atoms with Gasteiger partial charge in [0.05, 0.1) is 7.11 Å². The molecule has 0 fully saturated rings. The topological polar surface area (TPSA) is 75.6 Å². The number of aryl methyl sites for hydroxylation is 1. The number of benzene rings is 2. The van der Waals surface area contributed by atoms with Crippen molar-refractivity contribution < 1.29 is 23.8 Å². The molecular formula is C19H20FNO4. The third-order valence-electron chi connectivity index (χ3n) is 4.01. The van der Waals surface area contributed by atoms with Crippen molar-refractivity contribution in [3.8, 4) is 5.75 Å². The molecule has 1 atom stereocenters. The number of amides is 1. The van der Waals surface area contributed by atoms with Crippen LogP contribution in [0.2, 0.25) is 0 Å². The summed E-state index contributed by atoms with van der Waals surface area (Å²) in [6, 6.07) is 12.4. The number of nitrogens with one attached hydrogen (secondary N) is 1. The molecule has 0 aliphatic heterocycles. The van der Waals surface area contributed by atoms with Gasteiger partial charge in [-0.1, -0.05) is 24.3 Å². The number of hydrogen-bond donors (Lipinski definition) is 2. The number of carbonyl (C=O) groups excluding carboxylic acids is 1. The molecule has 0 radical (unpaired) electrons. The van der Waals surface area contributed by atoms with E-state index in [1.54, 1.807) is 13.2 Å². The van der Waals surface area contributed by atoms with Gasteiger partial charge in [-0.2, -0.15) is 0 Å². The van der Waals surface area contributed by atoms with Gasteiger partial charge in [-0.25, -0.2) is 9.18 Å². The molecule has 0 heterocycles. The second-order valence-corrected chi connectivity index (χ2v) is 5.84. The highest BCUT2D eigenvalue weighted by Gasteiger charge is 2.36. The predicted molar refractivity (Wildman–Crippen MR) is 90.8 cm³/mol. The minimum atomic E-state index is -1.63. The maximum absolute atomic E-state index is 13.1. The number of hydrogen-bond acceptors (Lipinski definition) is 3. The molecule has 1 unspecified atom stereocenters. The van der Waals surface area contributed by atoms with Crippen LogP contribution in [-0.2, 0) is 21.5 Å². The van der Waals surface area contributed by atoms with E-state index in [1.165, 1.54) is 31.2 Å². The number of carboxylic acid groups (broad SMARTS) is 1. The molecular weight excluding hydrogens is 325 g/mol. The van der Waals surface area contributed by atoms with Crippen LogP contribution in [0.3, 0.4) is 0 Å². The summed E-state index contributed by atoms with van der Waals surface area (Å²) in [6.07, 6.45) is 0.569. The molecule has 1 amide bonds. The molecule has 0 aliphatic rings. The molecule has 0 saturated carbocycles. The molecule has 0 aromatic heterocycles. The Balaban J connectivity index is 2.07. The van der Waals surface area contributed by atoms with Crippen molar-refractivity contribution in [2.75, 3.05) is 7.11 Å². The molecule has 0 aliphatic carbocycles. The summed E-state index contributed by atoms with van der Waals surface area (Å²) in [4.78, 5) is 23.9. The molecule has 6 heteroatoms. The summed E-state index contributed by atoms with van der Waals surface area (Å²) in [5.41, 5.74) is -0.413. The summed E-state index contributed by atoms with van der Waals surface area (Å²) in [5, 5.41) is 12.1. The van der Waals surface area contributed by atoms with Gasteiger partial charge in [0.25, 0.3) is 0 Å². The van der Waals surface area contributed by atoms with Crippen LogP contribution in [0.1, 0.15) is 24.5 Å². The first-order valence-electron chi connectivity index (χ1n) is 7.78. The van der Waals surface area contributed by atoms with E-state index in [0.717, 1.165) is 5.56 Å². The summed E-state index contributed by atoms with van der Waals surface area (Å²) >= 11 is 0. The number of halogens is 1. The molecule has 0 saturated heterocycles. The number of ether oxygens (including phenoxy) is 1. The van der Waals surface area contributed by atoms with Crippen molar-refractivity contribution in [2.24, 2.45) is 0 Å². The highest BCUT2D eigenvalue weighted by Crippen LogP contribution is 2.22. The average Bonchev–Trinajstić information content (AvgIpc) is 2.60. The summed E-state index contributed by atoms with van der Waals surface area (Å²) in [6.45, 7) is 1.38. The van der Waals surface area contributed by atoms with Gasteiger partial charge >= 0.3 is 5.97 Å². The van der Waals surface area contributed by atoms with Crippen molar-refractivity contribution in [3.05, 3.63) is 65.5 Å². The van der Waals surface area contributed by atoms with E-state index in [9.17, 15) is 19.1 Å². The standard InChI is InChI=1S/C19H20FNO4/c1-19(18(23)24,14-7-9-15(20)10-8-14)21-17(22)11-6-13-4-3-5-16(12-13)25-2/h3-5,7-10,12H,6,11H2,1-2H3,(H,21,22)(H,23,24). The number of carbonyl (C=O) groups is 2. The van der Waals surface area contributed by atoms with E-state index in [4.69, 9.17) is 4.74 Å². The van der Waals surface area contributed by atoms with Gasteiger partial charge in [0, 0.05) is 6.42 Å². The van der Waals surface area contributed by atoms with Crippen molar-refractivity contribution in [2.45, 2.75) is 25.3 Å². The Labute approximate surface area is 145 Å². The molecule has 5 nitrogen and oxygen atoms in total. The highest BCUT2D eigenvalue weighted by molar-refractivity contribution is 5.87. The van der Waals surface area contributed by atoms with Gasteiger partial charge < -0.3 is 15.2 Å². The minimum Gasteiger partial charge on any atom is -0.497 e. The van der Waals surface area contributed by atoms with E-state index < -0.39 is 23.2 Å². The summed E-state index contributed by atoms with van der Waals surface area (Å²) in [5.74, 6) is -1.40. The fourth-order valence-corrected chi connectivity index (χ4v) is 2.46. The smallest absolute Gasteiger partial charge is 0.333 e. The summed E-state index contributed by atoms with van der Waals surface area (Å²) in [7, 11) is 1.56. The third-order valence-corrected chi connectivity index (χ3v) is 4.01. The zero-order valence-corrected chi connectivity index (χ0v) is 14.1. The Morgan fingerprint density at radius 1 is 1.20 bits per heavy atom. The van der Waals surface area contributed by atoms with E-state index in [-0.39, 0.29) is 6.42 Å². The molecule has 0 bridgehead atoms. The van der Waals surface area contributed by atoms with Gasteiger partial charge in [0.15, 0.2) is 5.54 Å². The van der Waals surface area contributed by atoms with Gasteiger partial charge in [-0.05, 0) is 48.7 Å². The minimum absolute atomic E-state index is 0.122. The Kier molecular flexibility index (Phi) is 5.75. The molecule has 2 rings (SSSR count). The van der Waals surface area contributed by atoms with Crippen LogP contribution in [0.4, 0.5) is 4.39 Å². The number of methoxy groups -OCH3 is 1. The van der Waals surface area contributed by atoms with Crippen LogP contribution in [0.15, 0.2) is 48.5 Å². The molecule has 132 valence electrons. The summed E-state index contributed by atoms with van der Waals surface area (Å²) < 4.78 is 18.2. The number of carboxylic acids is 1. The Morgan fingerprint density at radius 3 is 2.48 bits per heavy atom. The first-order valence-corrected chi connectivity index (χ1v) is 7.78. The van der Waals surface area contributed by atoms with Gasteiger partial charge in [0.1, 0.15) is 11.6 Å². The lowest BCUT2D eigenvalue weighted by molar-refractivity contribution is -0.147. The van der Waals surface area contributed by atoms with Crippen molar-refractivity contribution in [1.29, 1.82) is 0 Å². The van der Waals surface area contributed by atoms with Crippen LogP contribution in [-0.4, -0.2) is 24.1 Å².